The smallest absolute Gasteiger partial charge is 0.270 e. The van der Waals surface area contributed by atoms with Crippen LogP contribution in [0.3, 0.4) is 0 Å². The molecule has 2 heterocycles. The van der Waals surface area contributed by atoms with Crippen LogP contribution < -0.4 is 10.2 Å². The molecule has 1 amide bonds. The molecule has 8 heteroatoms. The number of hydrogen-bond donors (Lipinski definition) is 1. The highest BCUT2D eigenvalue weighted by molar-refractivity contribution is 6.09. The summed E-state index contributed by atoms with van der Waals surface area (Å²) >= 11 is 0. The highest BCUT2D eigenvalue weighted by Crippen LogP contribution is 2.40. The number of nitro benzene ring substituents is 1. The molecule has 0 unspecified atom stereocenters. The second-order valence-corrected chi connectivity index (χ2v) is 7.62. The number of amides is 1. The zero-order valence-electron chi connectivity index (χ0n) is 15.8. The molecule has 148 valence electrons. The minimum atomic E-state index is -0.481. The number of rotatable bonds is 5. The number of carbonyl (C=O) groups is 1. The van der Waals surface area contributed by atoms with Gasteiger partial charge in [-0.25, -0.2) is 4.98 Å². The van der Waals surface area contributed by atoms with Gasteiger partial charge in [0.05, 0.1) is 16.2 Å². The van der Waals surface area contributed by atoms with Crippen molar-refractivity contribution in [2.24, 2.45) is 0 Å². The van der Waals surface area contributed by atoms with E-state index in [4.69, 9.17) is 4.42 Å². The van der Waals surface area contributed by atoms with Crippen LogP contribution in [0.4, 0.5) is 17.1 Å². The summed E-state index contributed by atoms with van der Waals surface area (Å²) in [6.45, 7) is 1.68. The van der Waals surface area contributed by atoms with Crippen LogP contribution in [0.1, 0.15) is 47.8 Å². The van der Waals surface area contributed by atoms with Crippen LogP contribution in [-0.4, -0.2) is 28.9 Å². The van der Waals surface area contributed by atoms with E-state index in [0.717, 1.165) is 50.4 Å². The number of nitrogens with one attached hydrogen (secondary N) is 1. The molecular formula is C21H20N4O4. The van der Waals surface area contributed by atoms with E-state index in [9.17, 15) is 14.9 Å². The van der Waals surface area contributed by atoms with Crippen LogP contribution in [0, 0.1) is 10.1 Å². The molecule has 5 rings (SSSR count). The van der Waals surface area contributed by atoms with Gasteiger partial charge in [0, 0.05) is 36.8 Å². The predicted octanol–water partition coefficient (Wildman–Crippen LogP) is 4.47. The van der Waals surface area contributed by atoms with Crippen LogP contribution in [0.5, 0.6) is 0 Å². The third-order valence-corrected chi connectivity index (χ3v) is 5.47. The quantitative estimate of drug-likeness (QED) is 0.508. The number of oxazole rings is 1. The Morgan fingerprint density at radius 1 is 1.17 bits per heavy atom. The summed E-state index contributed by atoms with van der Waals surface area (Å²) < 4.78 is 5.76. The summed E-state index contributed by atoms with van der Waals surface area (Å²) in [7, 11) is 0. The largest absolute Gasteiger partial charge is 0.440 e. The van der Waals surface area contributed by atoms with Gasteiger partial charge >= 0.3 is 0 Å². The van der Waals surface area contributed by atoms with E-state index >= 15 is 0 Å². The maximum absolute atomic E-state index is 13.0. The molecule has 0 radical (unpaired) electrons. The summed E-state index contributed by atoms with van der Waals surface area (Å²) in [6.07, 6.45) is 4.29. The van der Waals surface area contributed by atoms with Gasteiger partial charge in [0.1, 0.15) is 5.52 Å². The molecule has 0 spiro atoms. The number of fused-ring (bicyclic) bond motifs is 1. The molecule has 1 aliphatic heterocycles. The fraction of sp³-hybridized carbons (Fsp3) is 0.333. The average molecular weight is 392 g/mol. The monoisotopic (exact) mass is 392 g/mol. The Labute approximate surface area is 166 Å². The van der Waals surface area contributed by atoms with Gasteiger partial charge in [0.2, 0.25) is 0 Å². The summed E-state index contributed by atoms with van der Waals surface area (Å²) in [5, 5.41) is 14.1. The Hall–Kier alpha value is -3.42. The van der Waals surface area contributed by atoms with Crippen molar-refractivity contribution in [3.8, 4) is 0 Å². The van der Waals surface area contributed by atoms with E-state index < -0.39 is 4.92 Å². The van der Waals surface area contributed by atoms with Gasteiger partial charge in [-0.05, 0) is 49.9 Å². The molecule has 0 atom stereocenters. The number of nitro groups is 1. The topological polar surface area (TPSA) is 102 Å². The first-order valence-electron chi connectivity index (χ1n) is 9.84. The molecule has 8 nitrogen and oxygen atoms in total. The van der Waals surface area contributed by atoms with Crippen molar-refractivity contribution in [1.82, 2.24) is 4.98 Å². The summed E-state index contributed by atoms with van der Waals surface area (Å²) in [6, 6.07) is 9.79. The third kappa shape index (κ3) is 3.41. The van der Waals surface area contributed by atoms with Gasteiger partial charge in [-0.2, -0.15) is 0 Å². The second kappa shape index (κ2) is 6.88. The van der Waals surface area contributed by atoms with E-state index in [-0.39, 0.29) is 11.6 Å². The van der Waals surface area contributed by atoms with E-state index in [1.165, 1.54) is 12.1 Å². The molecule has 0 bridgehead atoms. The third-order valence-electron chi connectivity index (χ3n) is 5.47. The molecule has 1 N–H and O–H groups in total. The van der Waals surface area contributed by atoms with Crippen molar-refractivity contribution in [2.75, 3.05) is 23.3 Å². The predicted molar refractivity (Wildman–Crippen MR) is 108 cm³/mol. The number of anilines is 2. The molecule has 2 aliphatic rings. The van der Waals surface area contributed by atoms with Crippen LogP contribution in [0.15, 0.2) is 40.8 Å². The number of benzene rings is 2. The standard InChI is InChI=1S/C21H20N4O4/c26-20(16-12-15(25(27)28)6-7-18(16)24-9-1-2-10-24)22-14-5-8-19-17(11-14)23-21(29-19)13-3-4-13/h5-8,11-13H,1-4,9-10H2,(H,22,26). The van der Waals surface area contributed by atoms with E-state index in [0.29, 0.717) is 28.3 Å². The minimum Gasteiger partial charge on any atom is -0.440 e. The Morgan fingerprint density at radius 3 is 2.69 bits per heavy atom. The summed E-state index contributed by atoms with van der Waals surface area (Å²) in [4.78, 5) is 30.4. The van der Waals surface area contributed by atoms with E-state index in [1.807, 2.05) is 0 Å². The van der Waals surface area contributed by atoms with E-state index in [2.05, 4.69) is 15.2 Å². The van der Waals surface area contributed by atoms with Crippen LogP contribution in [-0.2, 0) is 0 Å². The van der Waals surface area contributed by atoms with Gasteiger partial charge in [0.15, 0.2) is 11.5 Å². The zero-order chi connectivity index (χ0) is 20.0. The van der Waals surface area contributed by atoms with Crippen LogP contribution in [0.25, 0.3) is 11.1 Å². The molecule has 1 saturated carbocycles. The highest BCUT2D eigenvalue weighted by Gasteiger charge is 2.29. The molecule has 2 fully saturated rings. The fourth-order valence-corrected chi connectivity index (χ4v) is 3.78. The Kier molecular flexibility index (Phi) is 4.19. The fourth-order valence-electron chi connectivity index (χ4n) is 3.78. The first-order chi connectivity index (χ1) is 14.1. The molecule has 2 aromatic carbocycles. The van der Waals surface area contributed by atoms with Crippen molar-refractivity contribution in [3.05, 3.63) is 58.0 Å². The Balaban J connectivity index is 1.45. The van der Waals surface area contributed by atoms with Gasteiger partial charge in [-0.3, -0.25) is 14.9 Å². The second-order valence-electron chi connectivity index (χ2n) is 7.62. The number of hydrogen-bond acceptors (Lipinski definition) is 6. The lowest BCUT2D eigenvalue weighted by molar-refractivity contribution is -0.384. The van der Waals surface area contributed by atoms with Crippen LogP contribution in [0.2, 0.25) is 0 Å². The van der Waals surface area contributed by atoms with Crippen molar-refractivity contribution in [1.29, 1.82) is 0 Å². The molecule has 1 saturated heterocycles. The maximum Gasteiger partial charge on any atom is 0.270 e. The average Bonchev–Trinajstić information content (AvgIpc) is 3.25. The Bertz CT molecular complexity index is 1110. The van der Waals surface area contributed by atoms with Crippen molar-refractivity contribution in [3.63, 3.8) is 0 Å². The zero-order valence-corrected chi connectivity index (χ0v) is 15.8. The van der Waals surface area contributed by atoms with Gasteiger partial charge in [0.25, 0.3) is 11.6 Å². The normalized spacial score (nSPS) is 16.3. The molecular weight excluding hydrogens is 372 g/mol. The van der Waals surface area contributed by atoms with Crippen LogP contribution >= 0.6 is 0 Å². The first-order valence-corrected chi connectivity index (χ1v) is 9.84. The molecule has 3 aromatic rings. The molecule has 1 aliphatic carbocycles. The number of carbonyl (C=O) groups excluding carboxylic acids is 1. The Morgan fingerprint density at radius 2 is 1.97 bits per heavy atom. The number of non-ortho nitro benzene ring substituents is 1. The first kappa shape index (κ1) is 17.7. The molecule has 29 heavy (non-hydrogen) atoms. The van der Waals surface area contributed by atoms with Crippen molar-refractivity contribution < 1.29 is 14.1 Å². The van der Waals surface area contributed by atoms with Crippen molar-refractivity contribution >= 4 is 34.1 Å². The van der Waals surface area contributed by atoms with Crippen molar-refractivity contribution in [2.45, 2.75) is 31.6 Å². The summed E-state index contributed by atoms with van der Waals surface area (Å²) in [5.41, 5.74) is 2.90. The van der Waals surface area contributed by atoms with Gasteiger partial charge in [-0.15, -0.1) is 0 Å². The maximum atomic E-state index is 13.0. The van der Waals surface area contributed by atoms with Gasteiger partial charge < -0.3 is 14.6 Å². The van der Waals surface area contributed by atoms with Gasteiger partial charge in [-0.1, -0.05) is 0 Å². The van der Waals surface area contributed by atoms with E-state index in [1.54, 1.807) is 24.3 Å². The number of aromatic nitrogens is 1. The number of nitrogens with zero attached hydrogens (tertiary/aromatic N) is 3. The SMILES string of the molecule is O=C(Nc1ccc2oc(C3CC3)nc2c1)c1cc([N+](=O)[O-])ccc1N1CCCC1. The highest BCUT2D eigenvalue weighted by atomic mass is 16.6. The summed E-state index contributed by atoms with van der Waals surface area (Å²) in [5.74, 6) is 0.785. The lowest BCUT2D eigenvalue weighted by atomic mass is 10.1. The lowest BCUT2D eigenvalue weighted by Gasteiger charge is -2.20. The lowest BCUT2D eigenvalue weighted by Crippen LogP contribution is -2.23. The minimum absolute atomic E-state index is 0.0980. The molecule has 1 aromatic heterocycles.